The molecule has 20 heavy (non-hydrogen) atoms. The van der Waals surface area contributed by atoms with Gasteiger partial charge in [0.05, 0.1) is 0 Å². The molecule has 1 atom stereocenters. The Labute approximate surface area is 121 Å². The first-order valence-corrected chi connectivity index (χ1v) is 8.81. The van der Waals surface area contributed by atoms with E-state index in [1.807, 2.05) is 0 Å². The number of rotatable bonds is 3. The molecule has 110 valence electrons. The summed E-state index contributed by atoms with van der Waals surface area (Å²) in [5.74, 6) is -1.09. The standard InChI is InChI=1S/C12H16N2O4S2/c15-12(16)10-3-4-11(19-10)20(17,18)14-7-6-13-5-1-2-9(13)8-14/h3-4,9H,1-2,5-8H2,(H,15,16). The molecule has 1 unspecified atom stereocenters. The van der Waals surface area contributed by atoms with Crippen LogP contribution in [-0.4, -0.2) is 60.9 Å². The molecule has 0 saturated carbocycles. The van der Waals surface area contributed by atoms with Crippen molar-refractivity contribution in [3.63, 3.8) is 0 Å². The minimum Gasteiger partial charge on any atom is -0.477 e. The molecule has 2 saturated heterocycles. The molecule has 0 bridgehead atoms. The van der Waals surface area contributed by atoms with E-state index in [1.165, 1.54) is 16.4 Å². The Kier molecular flexibility index (Phi) is 3.57. The maximum atomic E-state index is 12.5. The van der Waals surface area contributed by atoms with Crippen molar-refractivity contribution in [2.45, 2.75) is 23.1 Å². The Balaban J connectivity index is 1.82. The predicted octanol–water partition coefficient (Wildman–Crippen LogP) is 0.915. The highest BCUT2D eigenvalue weighted by atomic mass is 32.2. The summed E-state index contributed by atoms with van der Waals surface area (Å²) < 4.78 is 26.7. The average molecular weight is 316 g/mol. The van der Waals surface area contributed by atoms with Crippen LogP contribution in [0.1, 0.15) is 22.5 Å². The molecule has 0 amide bonds. The van der Waals surface area contributed by atoms with E-state index in [2.05, 4.69) is 4.90 Å². The summed E-state index contributed by atoms with van der Waals surface area (Å²) >= 11 is 0.824. The average Bonchev–Trinajstić information content (AvgIpc) is 3.07. The molecule has 0 aliphatic carbocycles. The van der Waals surface area contributed by atoms with E-state index in [-0.39, 0.29) is 9.09 Å². The van der Waals surface area contributed by atoms with Gasteiger partial charge in [-0.25, -0.2) is 13.2 Å². The highest BCUT2D eigenvalue weighted by Crippen LogP contribution is 2.29. The molecule has 8 heteroatoms. The number of fused-ring (bicyclic) bond motifs is 1. The van der Waals surface area contributed by atoms with Crippen LogP contribution in [0.2, 0.25) is 0 Å². The van der Waals surface area contributed by atoms with Crippen LogP contribution in [-0.2, 0) is 10.0 Å². The van der Waals surface area contributed by atoms with Crippen molar-refractivity contribution >= 4 is 27.3 Å². The van der Waals surface area contributed by atoms with Crippen LogP contribution in [0.3, 0.4) is 0 Å². The van der Waals surface area contributed by atoms with Gasteiger partial charge in [0.15, 0.2) is 0 Å². The molecule has 6 nitrogen and oxygen atoms in total. The molecule has 2 aliphatic heterocycles. The lowest BCUT2D eigenvalue weighted by atomic mass is 10.2. The minimum absolute atomic E-state index is 0.0584. The Hall–Kier alpha value is -0.960. The fourth-order valence-corrected chi connectivity index (χ4v) is 5.65. The van der Waals surface area contributed by atoms with Gasteiger partial charge in [-0.05, 0) is 31.5 Å². The van der Waals surface area contributed by atoms with Gasteiger partial charge in [-0.15, -0.1) is 11.3 Å². The third kappa shape index (κ3) is 2.37. The fraction of sp³-hybridized carbons (Fsp3) is 0.583. The second kappa shape index (κ2) is 5.10. The lowest BCUT2D eigenvalue weighted by molar-refractivity contribution is 0.0702. The third-order valence-corrected chi connectivity index (χ3v) is 7.34. The molecular weight excluding hydrogens is 300 g/mol. The summed E-state index contributed by atoms with van der Waals surface area (Å²) in [6.45, 7) is 2.82. The lowest BCUT2D eigenvalue weighted by Crippen LogP contribution is -2.51. The normalized spacial score (nSPS) is 24.7. The van der Waals surface area contributed by atoms with Crippen molar-refractivity contribution in [1.29, 1.82) is 0 Å². The predicted molar refractivity (Wildman–Crippen MR) is 74.6 cm³/mol. The van der Waals surface area contributed by atoms with Gasteiger partial charge in [0.2, 0.25) is 0 Å². The number of piperazine rings is 1. The summed E-state index contributed by atoms with van der Waals surface area (Å²) in [4.78, 5) is 13.3. The summed E-state index contributed by atoms with van der Waals surface area (Å²) in [6.07, 6.45) is 2.16. The SMILES string of the molecule is O=C(O)c1ccc(S(=O)(=O)N2CCN3CCCC3C2)s1. The number of carbonyl (C=O) groups is 1. The first-order valence-electron chi connectivity index (χ1n) is 6.56. The van der Waals surface area contributed by atoms with Crippen molar-refractivity contribution in [2.75, 3.05) is 26.2 Å². The second-order valence-corrected chi connectivity index (χ2v) is 8.37. The van der Waals surface area contributed by atoms with Crippen LogP contribution in [0.5, 0.6) is 0 Å². The molecule has 1 N–H and O–H groups in total. The molecule has 0 spiro atoms. The smallest absolute Gasteiger partial charge is 0.345 e. The second-order valence-electron chi connectivity index (χ2n) is 5.12. The van der Waals surface area contributed by atoms with Crippen LogP contribution in [0.25, 0.3) is 0 Å². The molecule has 1 aromatic rings. The van der Waals surface area contributed by atoms with Gasteiger partial charge in [0, 0.05) is 25.7 Å². The monoisotopic (exact) mass is 316 g/mol. The van der Waals surface area contributed by atoms with Crippen molar-refractivity contribution in [3.05, 3.63) is 17.0 Å². The molecule has 3 heterocycles. The van der Waals surface area contributed by atoms with Crippen molar-refractivity contribution in [1.82, 2.24) is 9.21 Å². The van der Waals surface area contributed by atoms with Gasteiger partial charge in [-0.1, -0.05) is 0 Å². The number of sulfonamides is 1. The molecule has 3 rings (SSSR count). The highest BCUT2D eigenvalue weighted by Gasteiger charge is 2.36. The number of hydrogen-bond acceptors (Lipinski definition) is 5. The topological polar surface area (TPSA) is 77.9 Å². The van der Waals surface area contributed by atoms with E-state index in [1.54, 1.807) is 0 Å². The number of thiophene rings is 1. The molecule has 1 aromatic heterocycles. The summed E-state index contributed by atoms with van der Waals surface area (Å²) in [5, 5.41) is 8.89. The summed E-state index contributed by atoms with van der Waals surface area (Å²) in [5.41, 5.74) is 0. The number of nitrogens with zero attached hydrogens (tertiary/aromatic N) is 2. The van der Waals surface area contributed by atoms with Crippen LogP contribution < -0.4 is 0 Å². The van der Waals surface area contributed by atoms with Crippen molar-refractivity contribution in [3.8, 4) is 0 Å². The van der Waals surface area contributed by atoms with Gasteiger partial charge in [0.25, 0.3) is 10.0 Å². The Morgan fingerprint density at radius 1 is 1.30 bits per heavy atom. The first kappa shape index (κ1) is 14.0. The Bertz CT molecular complexity index is 625. The van der Waals surface area contributed by atoms with Gasteiger partial charge in [0.1, 0.15) is 9.09 Å². The molecule has 0 aromatic carbocycles. The van der Waals surface area contributed by atoms with Crippen LogP contribution in [0, 0.1) is 0 Å². The number of carboxylic acid groups (broad SMARTS) is 1. The number of aromatic carboxylic acids is 1. The van der Waals surface area contributed by atoms with E-state index >= 15 is 0 Å². The van der Waals surface area contributed by atoms with Crippen molar-refractivity contribution in [2.24, 2.45) is 0 Å². The molecule has 0 radical (unpaired) electrons. The maximum absolute atomic E-state index is 12.5. The van der Waals surface area contributed by atoms with E-state index < -0.39 is 16.0 Å². The highest BCUT2D eigenvalue weighted by molar-refractivity contribution is 7.91. The Morgan fingerprint density at radius 2 is 2.10 bits per heavy atom. The zero-order valence-corrected chi connectivity index (χ0v) is 12.5. The first-order chi connectivity index (χ1) is 9.48. The van der Waals surface area contributed by atoms with Gasteiger partial charge >= 0.3 is 5.97 Å². The minimum atomic E-state index is -3.55. The van der Waals surface area contributed by atoms with Gasteiger partial charge in [-0.2, -0.15) is 4.31 Å². The molecule has 2 aliphatic rings. The maximum Gasteiger partial charge on any atom is 0.345 e. The van der Waals surface area contributed by atoms with E-state index in [0.717, 1.165) is 37.3 Å². The largest absolute Gasteiger partial charge is 0.477 e. The van der Waals surface area contributed by atoms with Crippen LogP contribution >= 0.6 is 11.3 Å². The third-order valence-electron chi connectivity index (χ3n) is 3.94. The molecule has 2 fully saturated rings. The van der Waals surface area contributed by atoms with Gasteiger partial charge < -0.3 is 5.11 Å². The van der Waals surface area contributed by atoms with Crippen LogP contribution in [0.4, 0.5) is 0 Å². The van der Waals surface area contributed by atoms with Crippen molar-refractivity contribution < 1.29 is 18.3 Å². The summed E-state index contributed by atoms with van der Waals surface area (Å²) in [6, 6.07) is 3.06. The summed E-state index contributed by atoms with van der Waals surface area (Å²) in [7, 11) is -3.55. The van der Waals surface area contributed by atoms with E-state index in [0.29, 0.717) is 19.1 Å². The van der Waals surface area contributed by atoms with Crippen LogP contribution in [0.15, 0.2) is 16.3 Å². The van der Waals surface area contributed by atoms with E-state index in [4.69, 9.17) is 5.11 Å². The van der Waals surface area contributed by atoms with E-state index in [9.17, 15) is 13.2 Å². The van der Waals surface area contributed by atoms with Gasteiger partial charge in [-0.3, -0.25) is 4.90 Å². The number of carboxylic acids is 1. The Morgan fingerprint density at radius 3 is 2.80 bits per heavy atom. The fourth-order valence-electron chi connectivity index (χ4n) is 2.88. The molecular formula is C12H16N2O4S2. The zero-order valence-electron chi connectivity index (χ0n) is 10.9. The zero-order chi connectivity index (χ0) is 14.3. The quantitative estimate of drug-likeness (QED) is 0.897. The number of hydrogen-bond donors (Lipinski definition) is 1. The lowest BCUT2D eigenvalue weighted by Gasteiger charge is -2.36.